The van der Waals surface area contributed by atoms with Crippen molar-refractivity contribution in [1.29, 1.82) is 0 Å². The lowest BCUT2D eigenvalue weighted by atomic mass is 9.46. The first-order chi connectivity index (χ1) is 24.8. The molecule has 14 unspecified atom stereocenters. The van der Waals surface area contributed by atoms with Gasteiger partial charge in [0.05, 0.1) is 0 Å². The lowest BCUT2D eigenvalue weighted by Crippen LogP contribution is -2.64. The molecular weight excluding hydrogens is 605 g/mol. The second-order valence-corrected chi connectivity index (χ2v) is 21.5. The highest BCUT2D eigenvalue weighted by Crippen LogP contribution is 2.62. The highest BCUT2D eigenvalue weighted by atomic mass is 15.2. The molecule has 0 N–H and O–H groups in total. The van der Waals surface area contributed by atoms with Crippen LogP contribution in [0.25, 0.3) is 0 Å². The lowest BCUT2D eigenvalue weighted by molar-refractivity contribution is -0.152. The van der Waals surface area contributed by atoms with Gasteiger partial charge in [0, 0.05) is 36.3 Å². The van der Waals surface area contributed by atoms with E-state index in [9.17, 15) is 0 Å². The number of nitrogens with zero attached hydrogens (tertiary/aromatic N) is 2. The van der Waals surface area contributed by atoms with Crippen LogP contribution in [0.5, 0.6) is 0 Å². The summed E-state index contributed by atoms with van der Waals surface area (Å²) in [4.78, 5) is 6.87. The zero-order chi connectivity index (χ0) is 33.0. The van der Waals surface area contributed by atoms with Crippen molar-refractivity contribution in [1.82, 2.24) is 9.80 Å². The lowest BCUT2D eigenvalue weighted by Gasteiger charge is -2.65. The average molecular weight is 685 g/mol. The minimum Gasteiger partial charge on any atom is -0.294 e. The zero-order valence-electron chi connectivity index (χ0n) is 32.8. The molecule has 50 heavy (non-hydrogen) atoms. The van der Waals surface area contributed by atoms with E-state index in [0.29, 0.717) is 0 Å². The van der Waals surface area contributed by atoms with Crippen LogP contribution in [0.2, 0.25) is 0 Å². The van der Waals surface area contributed by atoms with E-state index in [0.717, 1.165) is 95.4 Å². The Balaban J connectivity index is 0.932. The van der Waals surface area contributed by atoms with Gasteiger partial charge in [-0.2, -0.15) is 0 Å². The van der Waals surface area contributed by atoms with Crippen molar-refractivity contribution >= 4 is 0 Å². The van der Waals surface area contributed by atoms with E-state index in [2.05, 4.69) is 9.80 Å². The summed E-state index contributed by atoms with van der Waals surface area (Å²) < 4.78 is 0. The van der Waals surface area contributed by atoms with E-state index in [1.165, 1.54) is 77.0 Å². The third-order valence-electron chi connectivity index (χ3n) is 19.5. The molecule has 2 heteroatoms. The van der Waals surface area contributed by atoms with Gasteiger partial charge in [0.1, 0.15) is 0 Å². The van der Waals surface area contributed by atoms with E-state index in [1.54, 1.807) is 128 Å². The Morgan fingerprint density at radius 1 is 0.240 bits per heavy atom. The topological polar surface area (TPSA) is 6.48 Å². The first-order valence-electron chi connectivity index (χ1n) is 24.3. The largest absolute Gasteiger partial charge is 0.294 e. The van der Waals surface area contributed by atoms with Crippen molar-refractivity contribution in [2.24, 2.45) is 59.2 Å². The summed E-state index contributed by atoms with van der Waals surface area (Å²) in [5.41, 5.74) is 0. The maximum Gasteiger partial charge on any atom is 0.0132 e. The van der Waals surface area contributed by atoms with Crippen LogP contribution in [0.15, 0.2) is 0 Å². The summed E-state index contributed by atoms with van der Waals surface area (Å²) in [5.74, 6) is 10.8. The van der Waals surface area contributed by atoms with Gasteiger partial charge in [-0.05, 0) is 175 Å². The molecule has 282 valence electrons. The Kier molecular flexibility index (Phi) is 10.5. The zero-order valence-corrected chi connectivity index (χ0v) is 32.8. The molecule has 0 radical (unpaired) electrons. The van der Waals surface area contributed by atoms with Crippen LogP contribution >= 0.6 is 0 Å². The number of fused-ring (bicyclic) bond motifs is 2. The first kappa shape index (κ1) is 34.4. The van der Waals surface area contributed by atoms with Crippen molar-refractivity contribution in [3.8, 4) is 0 Å². The molecule has 10 fully saturated rings. The van der Waals surface area contributed by atoms with E-state index >= 15 is 0 Å². The molecular formula is C48H80N2. The predicted molar refractivity (Wildman–Crippen MR) is 209 cm³/mol. The van der Waals surface area contributed by atoms with Crippen molar-refractivity contribution in [3.05, 3.63) is 0 Å². The van der Waals surface area contributed by atoms with Crippen molar-refractivity contribution in [3.63, 3.8) is 0 Å². The Labute approximate surface area is 309 Å². The van der Waals surface area contributed by atoms with Gasteiger partial charge in [-0.1, -0.05) is 89.9 Å². The van der Waals surface area contributed by atoms with Crippen molar-refractivity contribution < 1.29 is 0 Å². The van der Waals surface area contributed by atoms with Gasteiger partial charge in [0.15, 0.2) is 0 Å². The SMILES string of the molecule is C1CCC(N(C2CCC3CCCCC3C2)C2CCC3CCC4CCC(N(C5CCCCC5)C5CCC6CCCCC6C5)C5CCC2C3C45)CC1. The molecule has 10 rings (SSSR count). The molecule has 2 nitrogen and oxygen atoms in total. The third-order valence-corrected chi connectivity index (χ3v) is 19.5. The number of hydrogen-bond donors (Lipinski definition) is 0. The van der Waals surface area contributed by atoms with E-state index in [1.807, 2.05) is 0 Å². The van der Waals surface area contributed by atoms with Crippen molar-refractivity contribution in [2.75, 3.05) is 0 Å². The molecule has 0 aliphatic heterocycles. The molecule has 10 saturated carbocycles. The van der Waals surface area contributed by atoms with Crippen LogP contribution in [0.3, 0.4) is 0 Å². The van der Waals surface area contributed by atoms with Gasteiger partial charge < -0.3 is 0 Å². The van der Waals surface area contributed by atoms with Crippen molar-refractivity contribution in [2.45, 2.75) is 242 Å². The summed E-state index contributed by atoms with van der Waals surface area (Å²) in [6, 6.07) is 5.63. The quantitative estimate of drug-likeness (QED) is 0.275. The second kappa shape index (κ2) is 15.2. The van der Waals surface area contributed by atoms with Crippen LogP contribution in [-0.2, 0) is 0 Å². The summed E-state index contributed by atoms with van der Waals surface area (Å²) in [5, 5.41) is 0. The fourth-order valence-corrected chi connectivity index (χ4v) is 17.7. The highest BCUT2D eigenvalue weighted by molar-refractivity contribution is 5.10. The minimum absolute atomic E-state index is 0.934. The summed E-state index contributed by atoms with van der Waals surface area (Å²) in [6.07, 6.45) is 50.0. The van der Waals surface area contributed by atoms with Crippen LogP contribution in [0.1, 0.15) is 205 Å². The van der Waals surface area contributed by atoms with Crippen LogP contribution in [0, 0.1) is 59.2 Å². The standard InChI is InChI=1S/C48H80N2/c1-3-15-39(16-4-1)49(41-25-21-33-11-7-9-13-37(33)31-41)45-29-23-35-19-20-36-24-30-46(44-28-27-43(45)47(35)48(36)44)50(40-17-5-2-6-18-40)42-26-22-34-12-8-10-14-38(34)32-42/h33-48H,1-32H2. The number of hydrogen-bond acceptors (Lipinski definition) is 2. The molecule has 10 aliphatic carbocycles. The van der Waals surface area contributed by atoms with Crippen LogP contribution in [-0.4, -0.2) is 46.1 Å². The minimum atomic E-state index is 0.934. The normalized spacial score (nSPS) is 48.8. The Morgan fingerprint density at radius 2 is 0.600 bits per heavy atom. The van der Waals surface area contributed by atoms with Gasteiger partial charge in [-0.3, -0.25) is 9.80 Å². The molecule has 14 atom stereocenters. The summed E-state index contributed by atoms with van der Waals surface area (Å²) in [7, 11) is 0. The van der Waals surface area contributed by atoms with Crippen LogP contribution < -0.4 is 0 Å². The van der Waals surface area contributed by atoms with Gasteiger partial charge in [-0.15, -0.1) is 0 Å². The Hall–Kier alpha value is -0.0800. The molecule has 0 bridgehead atoms. The number of rotatable bonds is 6. The van der Waals surface area contributed by atoms with Gasteiger partial charge in [-0.25, -0.2) is 0 Å². The fraction of sp³-hybridized carbons (Fsp3) is 1.00. The summed E-state index contributed by atoms with van der Waals surface area (Å²) in [6.45, 7) is 0. The van der Waals surface area contributed by atoms with Gasteiger partial charge in [0.2, 0.25) is 0 Å². The second-order valence-electron chi connectivity index (χ2n) is 21.5. The first-order valence-corrected chi connectivity index (χ1v) is 24.3. The van der Waals surface area contributed by atoms with E-state index in [-0.39, 0.29) is 0 Å². The average Bonchev–Trinajstić information content (AvgIpc) is 3.19. The molecule has 0 aromatic heterocycles. The molecule has 0 amide bonds. The monoisotopic (exact) mass is 685 g/mol. The molecule has 0 aromatic rings. The maximum absolute atomic E-state index is 3.44. The smallest absolute Gasteiger partial charge is 0.0132 e. The fourth-order valence-electron chi connectivity index (χ4n) is 17.7. The Bertz CT molecular complexity index is 1020. The van der Waals surface area contributed by atoms with Gasteiger partial charge in [0.25, 0.3) is 0 Å². The van der Waals surface area contributed by atoms with E-state index in [4.69, 9.17) is 0 Å². The highest BCUT2D eigenvalue weighted by Gasteiger charge is 2.59. The molecule has 0 aromatic carbocycles. The van der Waals surface area contributed by atoms with E-state index < -0.39 is 0 Å². The summed E-state index contributed by atoms with van der Waals surface area (Å²) >= 11 is 0. The Morgan fingerprint density at radius 3 is 1.04 bits per heavy atom. The molecule has 10 aliphatic rings. The predicted octanol–water partition coefficient (Wildman–Crippen LogP) is 12.6. The van der Waals surface area contributed by atoms with Gasteiger partial charge >= 0.3 is 0 Å². The molecule has 0 heterocycles. The third kappa shape index (κ3) is 6.45. The maximum atomic E-state index is 3.44. The molecule has 0 spiro atoms. The van der Waals surface area contributed by atoms with Crippen LogP contribution in [0.4, 0.5) is 0 Å². The molecule has 0 saturated heterocycles.